The molecule has 6 heteroatoms. The van der Waals surface area contributed by atoms with Gasteiger partial charge in [0.15, 0.2) is 0 Å². The fourth-order valence-electron chi connectivity index (χ4n) is 1.42. The SMILES string of the molecule is C=CCN(CCOC)C(=O)NC(CCC)C(=O)O. The zero-order valence-corrected chi connectivity index (χ0v) is 11.0. The van der Waals surface area contributed by atoms with Gasteiger partial charge >= 0.3 is 12.0 Å². The molecule has 0 aromatic heterocycles. The van der Waals surface area contributed by atoms with Crippen LogP contribution in [0.25, 0.3) is 0 Å². The van der Waals surface area contributed by atoms with E-state index >= 15 is 0 Å². The lowest BCUT2D eigenvalue weighted by molar-refractivity contribution is -0.139. The topological polar surface area (TPSA) is 78.9 Å². The molecular formula is C12H22N2O4. The summed E-state index contributed by atoms with van der Waals surface area (Å²) in [5.74, 6) is -1.02. The number of nitrogens with one attached hydrogen (secondary N) is 1. The largest absolute Gasteiger partial charge is 0.480 e. The van der Waals surface area contributed by atoms with Crippen molar-refractivity contribution in [3.63, 3.8) is 0 Å². The molecule has 0 aliphatic heterocycles. The Morgan fingerprint density at radius 3 is 2.67 bits per heavy atom. The van der Waals surface area contributed by atoms with Gasteiger partial charge in [0.2, 0.25) is 0 Å². The molecule has 0 aliphatic rings. The van der Waals surface area contributed by atoms with Crippen LogP contribution in [0.1, 0.15) is 19.8 Å². The van der Waals surface area contributed by atoms with Gasteiger partial charge in [-0.3, -0.25) is 0 Å². The molecular weight excluding hydrogens is 236 g/mol. The van der Waals surface area contributed by atoms with Gasteiger partial charge in [-0.1, -0.05) is 19.4 Å². The number of ether oxygens (including phenoxy) is 1. The highest BCUT2D eigenvalue weighted by molar-refractivity contribution is 5.82. The van der Waals surface area contributed by atoms with E-state index in [1.165, 1.54) is 4.90 Å². The predicted octanol–water partition coefficient (Wildman–Crippen LogP) is 1.08. The van der Waals surface area contributed by atoms with E-state index in [2.05, 4.69) is 11.9 Å². The summed E-state index contributed by atoms with van der Waals surface area (Å²) in [6, 6.07) is -1.26. The van der Waals surface area contributed by atoms with Gasteiger partial charge in [0.1, 0.15) is 6.04 Å². The predicted molar refractivity (Wildman–Crippen MR) is 68.5 cm³/mol. The zero-order valence-electron chi connectivity index (χ0n) is 11.0. The van der Waals surface area contributed by atoms with Gasteiger partial charge in [0.25, 0.3) is 0 Å². The first-order valence-corrected chi connectivity index (χ1v) is 5.94. The lowest BCUT2D eigenvalue weighted by atomic mass is 10.2. The van der Waals surface area contributed by atoms with Crippen molar-refractivity contribution < 1.29 is 19.4 Å². The van der Waals surface area contributed by atoms with Crippen molar-refractivity contribution in [2.45, 2.75) is 25.8 Å². The Balaban J connectivity index is 4.44. The van der Waals surface area contributed by atoms with Gasteiger partial charge in [0.05, 0.1) is 6.61 Å². The molecule has 2 N–H and O–H groups in total. The number of methoxy groups -OCH3 is 1. The van der Waals surface area contributed by atoms with Gasteiger partial charge in [-0.05, 0) is 6.42 Å². The summed E-state index contributed by atoms with van der Waals surface area (Å²) in [4.78, 5) is 24.3. The number of rotatable bonds is 9. The Bertz CT molecular complexity index is 281. The van der Waals surface area contributed by atoms with Crippen molar-refractivity contribution in [1.29, 1.82) is 0 Å². The summed E-state index contributed by atoms with van der Waals surface area (Å²) in [5.41, 5.74) is 0. The number of carboxylic acid groups (broad SMARTS) is 1. The standard InChI is InChI=1S/C12H22N2O4/c1-4-6-10(11(15)16)13-12(17)14(7-5-2)8-9-18-3/h5,10H,2,4,6-9H2,1,3H3,(H,13,17)(H,15,16). The van der Waals surface area contributed by atoms with E-state index in [-0.39, 0.29) is 0 Å². The maximum Gasteiger partial charge on any atom is 0.326 e. The maximum absolute atomic E-state index is 11.9. The second-order valence-electron chi connectivity index (χ2n) is 3.86. The van der Waals surface area contributed by atoms with Crippen LogP contribution in [0.3, 0.4) is 0 Å². The van der Waals surface area contributed by atoms with Crippen molar-refractivity contribution in [3.8, 4) is 0 Å². The van der Waals surface area contributed by atoms with Crippen LogP contribution >= 0.6 is 0 Å². The van der Waals surface area contributed by atoms with Crippen LogP contribution in [0.5, 0.6) is 0 Å². The fourth-order valence-corrected chi connectivity index (χ4v) is 1.42. The van der Waals surface area contributed by atoms with Gasteiger partial charge in [-0.2, -0.15) is 0 Å². The molecule has 0 radical (unpaired) electrons. The van der Waals surface area contributed by atoms with Gasteiger partial charge in [-0.25, -0.2) is 9.59 Å². The molecule has 18 heavy (non-hydrogen) atoms. The minimum atomic E-state index is -1.02. The molecule has 0 aromatic carbocycles. The Labute approximate surface area is 108 Å². The third kappa shape index (κ3) is 6.24. The van der Waals surface area contributed by atoms with E-state index in [1.807, 2.05) is 6.92 Å². The number of carbonyl (C=O) groups is 2. The second kappa shape index (κ2) is 9.47. The molecule has 0 rings (SSSR count). The molecule has 0 fully saturated rings. The molecule has 1 atom stereocenters. The molecule has 0 heterocycles. The molecule has 0 saturated carbocycles. The van der Waals surface area contributed by atoms with E-state index in [1.54, 1.807) is 13.2 Å². The van der Waals surface area contributed by atoms with Crippen LogP contribution in [0, 0.1) is 0 Å². The number of aliphatic carboxylic acids is 1. The third-order valence-electron chi connectivity index (χ3n) is 2.38. The normalized spacial score (nSPS) is 11.7. The summed E-state index contributed by atoms with van der Waals surface area (Å²) in [6.07, 6.45) is 2.69. The van der Waals surface area contributed by atoms with Gasteiger partial charge < -0.3 is 20.1 Å². The van der Waals surface area contributed by atoms with E-state index in [0.29, 0.717) is 32.5 Å². The van der Waals surface area contributed by atoms with Crippen LogP contribution in [-0.2, 0) is 9.53 Å². The number of hydrogen-bond acceptors (Lipinski definition) is 3. The third-order valence-corrected chi connectivity index (χ3v) is 2.38. The number of carbonyl (C=O) groups excluding carboxylic acids is 1. The smallest absolute Gasteiger partial charge is 0.326 e. The Kier molecular flexibility index (Phi) is 8.65. The number of nitrogens with zero attached hydrogens (tertiary/aromatic N) is 1. The molecule has 0 bridgehead atoms. The van der Waals surface area contributed by atoms with Crippen molar-refractivity contribution in [2.24, 2.45) is 0 Å². The molecule has 0 aliphatic carbocycles. The van der Waals surface area contributed by atoms with Crippen molar-refractivity contribution >= 4 is 12.0 Å². The number of urea groups is 1. The molecule has 0 spiro atoms. The lowest BCUT2D eigenvalue weighted by Crippen LogP contribution is -2.48. The molecule has 104 valence electrons. The van der Waals surface area contributed by atoms with Crippen LogP contribution in [0.2, 0.25) is 0 Å². The van der Waals surface area contributed by atoms with Crippen molar-refractivity contribution in [1.82, 2.24) is 10.2 Å². The number of carboxylic acids is 1. The van der Waals surface area contributed by atoms with Crippen molar-refractivity contribution in [3.05, 3.63) is 12.7 Å². The highest BCUT2D eigenvalue weighted by Gasteiger charge is 2.21. The van der Waals surface area contributed by atoms with E-state index in [0.717, 1.165) is 0 Å². The Morgan fingerprint density at radius 2 is 2.22 bits per heavy atom. The van der Waals surface area contributed by atoms with E-state index in [9.17, 15) is 9.59 Å². The zero-order chi connectivity index (χ0) is 14.0. The first-order valence-electron chi connectivity index (χ1n) is 5.94. The van der Waals surface area contributed by atoms with Gasteiger partial charge in [-0.15, -0.1) is 6.58 Å². The Hall–Kier alpha value is -1.56. The minimum absolute atomic E-state index is 0.355. The summed E-state index contributed by atoms with van der Waals surface area (Å²) in [6.45, 7) is 6.58. The first-order chi connectivity index (χ1) is 8.56. The summed E-state index contributed by atoms with van der Waals surface area (Å²) in [5, 5.41) is 11.5. The van der Waals surface area contributed by atoms with Crippen LogP contribution in [0.15, 0.2) is 12.7 Å². The molecule has 2 amide bonds. The summed E-state index contributed by atoms with van der Waals surface area (Å²) in [7, 11) is 1.54. The molecule has 0 aromatic rings. The first kappa shape index (κ1) is 16.4. The quantitative estimate of drug-likeness (QED) is 0.607. The fraction of sp³-hybridized carbons (Fsp3) is 0.667. The number of hydrogen-bond donors (Lipinski definition) is 2. The van der Waals surface area contributed by atoms with Crippen LogP contribution < -0.4 is 5.32 Å². The maximum atomic E-state index is 11.9. The number of amides is 2. The summed E-state index contributed by atoms with van der Waals surface area (Å²) < 4.78 is 4.90. The average Bonchev–Trinajstić information content (AvgIpc) is 2.33. The van der Waals surface area contributed by atoms with Crippen LogP contribution in [-0.4, -0.2) is 54.9 Å². The highest BCUT2D eigenvalue weighted by atomic mass is 16.5. The molecule has 6 nitrogen and oxygen atoms in total. The average molecular weight is 258 g/mol. The lowest BCUT2D eigenvalue weighted by Gasteiger charge is -2.23. The highest BCUT2D eigenvalue weighted by Crippen LogP contribution is 1.99. The Morgan fingerprint density at radius 1 is 1.56 bits per heavy atom. The minimum Gasteiger partial charge on any atom is -0.480 e. The van der Waals surface area contributed by atoms with E-state index in [4.69, 9.17) is 9.84 Å². The van der Waals surface area contributed by atoms with Crippen LogP contribution in [0.4, 0.5) is 4.79 Å². The van der Waals surface area contributed by atoms with Crippen molar-refractivity contribution in [2.75, 3.05) is 26.8 Å². The van der Waals surface area contributed by atoms with E-state index < -0.39 is 18.0 Å². The van der Waals surface area contributed by atoms with Gasteiger partial charge in [0, 0.05) is 20.2 Å². The summed E-state index contributed by atoms with van der Waals surface area (Å²) >= 11 is 0. The molecule has 0 saturated heterocycles. The monoisotopic (exact) mass is 258 g/mol. The molecule has 1 unspecified atom stereocenters. The second-order valence-corrected chi connectivity index (χ2v) is 3.86.